The number of halogens is 1. The summed E-state index contributed by atoms with van der Waals surface area (Å²) in [6.45, 7) is 0. The molecule has 0 atom stereocenters. The smallest absolute Gasteiger partial charge is 0.178 e. The van der Waals surface area contributed by atoms with Crippen molar-refractivity contribution in [2.45, 2.75) is 0 Å². The number of carbonyl (C=O) groups excluding carboxylic acids is 1. The lowest BCUT2D eigenvalue weighted by atomic mass is 10.1. The van der Waals surface area contributed by atoms with Crippen molar-refractivity contribution in [2.75, 3.05) is 0 Å². The number of hydrogen-bond donors (Lipinski definition) is 0. The molecule has 0 saturated carbocycles. The first-order valence-corrected chi connectivity index (χ1v) is 4.77. The molecule has 2 rings (SSSR count). The van der Waals surface area contributed by atoms with Crippen molar-refractivity contribution in [1.82, 2.24) is 5.16 Å². The van der Waals surface area contributed by atoms with Crippen molar-refractivity contribution in [3.8, 4) is 11.3 Å². The molecule has 0 aliphatic heterocycles. The van der Waals surface area contributed by atoms with Crippen molar-refractivity contribution >= 4 is 22.2 Å². The van der Waals surface area contributed by atoms with Crippen LogP contribution in [0.1, 0.15) is 10.4 Å². The first-order chi connectivity index (χ1) is 6.83. The van der Waals surface area contributed by atoms with Gasteiger partial charge in [0, 0.05) is 10.0 Å². The monoisotopic (exact) mass is 251 g/mol. The van der Waals surface area contributed by atoms with Crippen LogP contribution in [0.4, 0.5) is 0 Å². The maximum absolute atomic E-state index is 10.7. The van der Waals surface area contributed by atoms with E-state index in [1.54, 1.807) is 0 Å². The lowest BCUT2D eigenvalue weighted by molar-refractivity contribution is 0.112. The summed E-state index contributed by atoms with van der Waals surface area (Å²) < 4.78 is 5.89. The van der Waals surface area contributed by atoms with E-state index in [9.17, 15) is 4.79 Å². The Morgan fingerprint density at radius 2 is 2.14 bits per heavy atom. The van der Waals surface area contributed by atoms with Crippen LogP contribution in [0.3, 0.4) is 0 Å². The summed E-state index contributed by atoms with van der Waals surface area (Å²) in [6, 6.07) is 7.51. The van der Waals surface area contributed by atoms with E-state index < -0.39 is 0 Å². The summed E-state index contributed by atoms with van der Waals surface area (Å²) in [5.41, 5.74) is 1.28. The SMILES string of the molecule is O=Cc1cnoc1-c1ccccc1Br. The summed E-state index contributed by atoms with van der Waals surface area (Å²) in [4.78, 5) is 10.7. The maximum atomic E-state index is 10.7. The Morgan fingerprint density at radius 3 is 2.86 bits per heavy atom. The number of benzene rings is 1. The standard InChI is InChI=1S/C10H6BrNO2/c11-9-4-2-1-3-8(9)10-7(6-13)5-12-14-10/h1-6H. The van der Waals surface area contributed by atoms with Gasteiger partial charge in [-0.05, 0) is 12.1 Å². The van der Waals surface area contributed by atoms with Gasteiger partial charge in [-0.3, -0.25) is 4.79 Å². The zero-order valence-corrected chi connectivity index (χ0v) is 8.69. The van der Waals surface area contributed by atoms with Crippen molar-refractivity contribution in [3.05, 3.63) is 40.5 Å². The van der Waals surface area contributed by atoms with Gasteiger partial charge in [0.25, 0.3) is 0 Å². The molecule has 14 heavy (non-hydrogen) atoms. The number of nitrogens with zero attached hydrogens (tertiary/aromatic N) is 1. The zero-order chi connectivity index (χ0) is 9.97. The molecule has 0 unspecified atom stereocenters. The predicted molar refractivity (Wildman–Crippen MR) is 55.0 cm³/mol. The summed E-state index contributed by atoms with van der Waals surface area (Å²) in [6.07, 6.45) is 2.13. The second kappa shape index (κ2) is 3.75. The van der Waals surface area contributed by atoms with E-state index in [4.69, 9.17) is 4.52 Å². The summed E-state index contributed by atoms with van der Waals surface area (Å²) in [5, 5.41) is 3.58. The molecule has 1 aromatic carbocycles. The number of hydrogen-bond acceptors (Lipinski definition) is 3. The maximum Gasteiger partial charge on any atom is 0.178 e. The van der Waals surface area contributed by atoms with Crippen LogP contribution in [-0.2, 0) is 0 Å². The van der Waals surface area contributed by atoms with Gasteiger partial charge in [0.2, 0.25) is 0 Å². The summed E-state index contributed by atoms with van der Waals surface area (Å²) >= 11 is 3.38. The van der Waals surface area contributed by atoms with Crippen LogP contribution in [0.25, 0.3) is 11.3 Å². The predicted octanol–water partition coefficient (Wildman–Crippen LogP) is 2.92. The molecule has 0 bridgehead atoms. The number of carbonyl (C=O) groups is 1. The lowest BCUT2D eigenvalue weighted by Gasteiger charge is -1.98. The third-order valence-electron chi connectivity index (χ3n) is 1.84. The number of rotatable bonds is 2. The molecular formula is C10H6BrNO2. The Hall–Kier alpha value is -1.42. The van der Waals surface area contributed by atoms with Gasteiger partial charge >= 0.3 is 0 Å². The Labute approximate surface area is 88.8 Å². The van der Waals surface area contributed by atoms with E-state index in [-0.39, 0.29) is 0 Å². The second-order valence-electron chi connectivity index (χ2n) is 2.71. The van der Waals surface area contributed by atoms with Crippen molar-refractivity contribution < 1.29 is 9.32 Å². The fourth-order valence-corrected chi connectivity index (χ4v) is 1.65. The van der Waals surface area contributed by atoms with Crippen LogP contribution in [0.2, 0.25) is 0 Å². The molecule has 70 valence electrons. The molecule has 0 amide bonds. The van der Waals surface area contributed by atoms with E-state index in [0.29, 0.717) is 11.3 Å². The summed E-state index contributed by atoms with van der Waals surface area (Å²) in [5.74, 6) is 0.493. The van der Waals surface area contributed by atoms with Gasteiger partial charge in [0.15, 0.2) is 12.0 Å². The van der Waals surface area contributed by atoms with Crippen LogP contribution < -0.4 is 0 Å². The largest absolute Gasteiger partial charge is 0.355 e. The van der Waals surface area contributed by atoms with E-state index in [2.05, 4.69) is 21.1 Å². The minimum absolute atomic E-state index is 0.455. The highest BCUT2D eigenvalue weighted by molar-refractivity contribution is 9.10. The molecule has 0 N–H and O–H groups in total. The van der Waals surface area contributed by atoms with Gasteiger partial charge < -0.3 is 4.52 Å². The van der Waals surface area contributed by atoms with E-state index in [1.165, 1.54) is 6.20 Å². The van der Waals surface area contributed by atoms with Crippen LogP contribution in [0, 0.1) is 0 Å². The number of aromatic nitrogens is 1. The van der Waals surface area contributed by atoms with Gasteiger partial charge in [0.1, 0.15) is 0 Å². The van der Waals surface area contributed by atoms with Gasteiger partial charge in [-0.15, -0.1) is 0 Å². The minimum atomic E-state index is 0.455. The fourth-order valence-electron chi connectivity index (χ4n) is 1.18. The van der Waals surface area contributed by atoms with Crippen LogP contribution in [0.15, 0.2) is 39.5 Å². The topological polar surface area (TPSA) is 43.1 Å². The van der Waals surface area contributed by atoms with Gasteiger partial charge in [-0.1, -0.05) is 33.2 Å². The molecule has 0 fully saturated rings. The Morgan fingerprint density at radius 1 is 1.36 bits per heavy atom. The third kappa shape index (κ3) is 1.48. The highest BCUT2D eigenvalue weighted by Crippen LogP contribution is 2.29. The molecule has 1 heterocycles. The van der Waals surface area contributed by atoms with Gasteiger partial charge in [-0.25, -0.2) is 0 Å². The van der Waals surface area contributed by atoms with Crippen molar-refractivity contribution in [2.24, 2.45) is 0 Å². The first kappa shape index (κ1) is 9.15. The first-order valence-electron chi connectivity index (χ1n) is 3.97. The van der Waals surface area contributed by atoms with Crippen LogP contribution >= 0.6 is 15.9 Å². The highest BCUT2D eigenvalue weighted by Gasteiger charge is 2.11. The lowest BCUT2D eigenvalue weighted by Crippen LogP contribution is -1.82. The molecule has 1 aromatic heterocycles. The second-order valence-corrected chi connectivity index (χ2v) is 3.56. The average Bonchev–Trinajstić information content (AvgIpc) is 2.66. The van der Waals surface area contributed by atoms with Gasteiger partial charge in [0.05, 0.1) is 11.8 Å². The quantitative estimate of drug-likeness (QED) is 0.771. The average molecular weight is 252 g/mol. The zero-order valence-electron chi connectivity index (χ0n) is 7.11. The van der Waals surface area contributed by atoms with E-state index >= 15 is 0 Å². The van der Waals surface area contributed by atoms with E-state index in [0.717, 1.165) is 16.3 Å². The summed E-state index contributed by atoms with van der Waals surface area (Å²) in [7, 11) is 0. The van der Waals surface area contributed by atoms with Gasteiger partial charge in [-0.2, -0.15) is 0 Å². The third-order valence-corrected chi connectivity index (χ3v) is 2.53. The molecule has 0 spiro atoms. The normalized spacial score (nSPS) is 10.1. The molecular weight excluding hydrogens is 246 g/mol. The fraction of sp³-hybridized carbons (Fsp3) is 0. The molecule has 0 aliphatic carbocycles. The molecule has 4 heteroatoms. The highest BCUT2D eigenvalue weighted by atomic mass is 79.9. The molecule has 0 aliphatic rings. The number of aldehydes is 1. The molecule has 0 saturated heterocycles. The van der Waals surface area contributed by atoms with Crippen LogP contribution in [-0.4, -0.2) is 11.4 Å². The Balaban J connectivity index is 2.60. The minimum Gasteiger partial charge on any atom is -0.355 e. The van der Waals surface area contributed by atoms with Crippen molar-refractivity contribution in [1.29, 1.82) is 0 Å². The molecule has 3 nitrogen and oxygen atoms in total. The Bertz CT molecular complexity index is 465. The molecule has 0 radical (unpaired) electrons. The van der Waals surface area contributed by atoms with Crippen molar-refractivity contribution in [3.63, 3.8) is 0 Å². The Kier molecular flexibility index (Phi) is 2.45. The van der Waals surface area contributed by atoms with E-state index in [1.807, 2.05) is 24.3 Å². The molecule has 2 aromatic rings. The van der Waals surface area contributed by atoms with Crippen LogP contribution in [0.5, 0.6) is 0 Å².